The first-order chi connectivity index (χ1) is 12.9. The van der Waals surface area contributed by atoms with Gasteiger partial charge in [-0.3, -0.25) is 19.7 Å². The zero-order valence-corrected chi connectivity index (χ0v) is 15.4. The Balaban J connectivity index is 2.22. The number of amides is 1. The number of anilines is 1. The van der Waals surface area contributed by atoms with Crippen molar-refractivity contribution in [3.63, 3.8) is 0 Å². The normalized spacial score (nSPS) is 11.5. The van der Waals surface area contributed by atoms with E-state index in [4.69, 9.17) is 16.3 Å². The summed E-state index contributed by atoms with van der Waals surface area (Å²) >= 11 is 5.78. The average Bonchev–Trinajstić information content (AvgIpc) is 2.66. The second kappa shape index (κ2) is 9.68. The lowest BCUT2D eigenvalue weighted by Gasteiger charge is -2.18. The maximum Gasteiger partial charge on any atom is 0.306 e. The summed E-state index contributed by atoms with van der Waals surface area (Å²) in [6.07, 6.45) is 0.529. The van der Waals surface area contributed by atoms with Crippen LogP contribution in [0.5, 0.6) is 0 Å². The third-order valence-electron chi connectivity index (χ3n) is 3.73. The van der Waals surface area contributed by atoms with Gasteiger partial charge in [0.1, 0.15) is 5.02 Å². The lowest BCUT2D eigenvalue weighted by atomic mass is 10.1. The summed E-state index contributed by atoms with van der Waals surface area (Å²) in [7, 11) is 0. The highest BCUT2D eigenvalue weighted by atomic mass is 35.5. The Morgan fingerprint density at radius 3 is 2.56 bits per heavy atom. The third-order valence-corrected chi connectivity index (χ3v) is 4.05. The summed E-state index contributed by atoms with van der Waals surface area (Å²) in [6.45, 7) is 1.95. The van der Waals surface area contributed by atoms with Gasteiger partial charge in [-0.15, -0.1) is 0 Å². The molecule has 0 heterocycles. The number of nitrogens with zero attached hydrogens (tertiary/aromatic N) is 1. The van der Waals surface area contributed by atoms with Crippen LogP contribution in [0.15, 0.2) is 48.5 Å². The van der Waals surface area contributed by atoms with E-state index in [9.17, 15) is 19.7 Å². The summed E-state index contributed by atoms with van der Waals surface area (Å²) in [4.78, 5) is 35.1. The minimum Gasteiger partial charge on any atom is -0.447 e. The number of ether oxygens (including phenoxy) is 1. The van der Waals surface area contributed by atoms with E-state index >= 15 is 0 Å². The van der Waals surface area contributed by atoms with Crippen LogP contribution in [0.2, 0.25) is 5.02 Å². The molecule has 1 amide bonds. The number of rotatable bonds is 8. The molecule has 0 aromatic heterocycles. The second-order valence-corrected chi connectivity index (χ2v) is 6.20. The van der Waals surface area contributed by atoms with Crippen molar-refractivity contribution in [2.45, 2.75) is 32.3 Å². The van der Waals surface area contributed by atoms with Gasteiger partial charge in [0.2, 0.25) is 6.10 Å². The molecular formula is C19H19ClN2O5. The van der Waals surface area contributed by atoms with Gasteiger partial charge in [-0.05, 0) is 18.6 Å². The van der Waals surface area contributed by atoms with Gasteiger partial charge in [0.05, 0.1) is 4.92 Å². The van der Waals surface area contributed by atoms with E-state index in [0.29, 0.717) is 12.0 Å². The molecule has 0 spiro atoms. The fourth-order valence-corrected chi connectivity index (χ4v) is 2.54. The highest BCUT2D eigenvalue weighted by Crippen LogP contribution is 2.28. The quantitative estimate of drug-likeness (QED) is 0.401. The molecule has 0 aliphatic carbocycles. The highest BCUT2D eigenvalue weighted by Gasteiger charge is 2.25. The molecule has 2 rings (SSSR count). The summed E-state index contributed by atoms with van der Waals surface area (Å²) in [5, 5.41) is 13.5. The van der Waals surface area contributed by atoms with Crippen molar-refractivity contribution in [3.8, 4) is 0 Å². The number of hydrogen-bond donors (Lipinski definition) is 1. The Bertz CT molecular complexity index is 826. The molecule has 2 aromatic rings. The number of esters is 1. The Hall–Kier alpha value is -2.93. The Morgan fingerprint density at radius 1 is 1.22 bits per heavy atom. The minimum absolute atomic E-state index is 0.0383. The van der Waals surface area contributed by atoms with Gasteiger partial charge in [0.25, 0.3) is 11.6 Å². The van der Waals surface area contributed by atoms with Crippen LogP contribution >= 0.6 is 11.6 Å². The van der Waals surface area contributed by atoms with Crippen LogP contribution in [0, 0.1) is 10.1 Å². The van der Waals surface area contributed by atoms with Gasteiger partial charge in [-0.1, -0.05) is 55.3 Å². The molecule has 0 radical (unpaired) electrons. The van der Waals surface area contributed by atoms with Crippen LogP contribution in [0.25, 0.3) is 0 Å². The van der Waals surface area contributed by atoms with E-state index in [-0.39, 0.29) is 22.8 Å². The van der Waals surface area contributed by atoms with E-state index in [1.807, 2.05) is 6.92 Å². The molecule has 1 unspecified atom stereocenters. The number of nitro groups is 1. The average molecular weight is 391 g/mol. The minimum atomic E-state index is -1.16. The zero-order chi connectivity index (χ0) is 19.8. The SMILES string of the molecule is CCCCC(=O)OC(C(=O)Nc1ccc(Cl)c([N+](=O)[O-])c1)c1ccccc1. The number of unbranched alkanes of at least 4 members (excludes halogenated alkanes) is 1. The molecule has 1 N–H and O–H groups in total. The maximum absolute atomic E-state index is 12.7. The van der Waals surface area contributed by atoms with Crippen molar-refractivity contribution in [1.29, 1.82) is 0 Å². The van der Waals surface area contributed by atoms with Crippen LogP contribution in [-0.2, 0) is 14.3 Å². The number of carbonyl (C=O) groups excluding carboxylic acids is 2. The Morgan fingerprint density at radius 2 is 1.93 bits per heavy atom. The van der Waals surface area contributed by atoms with Crippen LogP contribution < -0.4 is 5.32 Å². The lowest BCUT2D eigenvalue weighted by molar-refractivity contribution is -0.384. The standard InChI is InChI=1S/C19H19ClN2O5/c1-2-3-9-17(23)27-18(13-7-5-4-6-8-13)19(24)21-14-10-11-15(20)16(12-14)22(25)26/h4-8,10-12,18H,2-3,9H2,1H3,(H,21,24). The Labute approximate surface area is 161 Å². The predicted molar refractivity (Wildman–Crippen MR) is 102 cm³/mol. The van der Waals surface area contributed by atoms with E-state index in [0.717, 1.165) is 12.5 Å². The summed E-state index contributed by atoms with van der Waals surface area (Å²) in [5.74, 6) is -1.09. The molecule has 0 saturated carbocycles. The van der Waals surface area contributed by atoms with Crippen LogP contribution in [0.4, 0.5) is 11.4 Å². The predicted octanol–water partition coefficient (Wildman–Crippen LogP) is 4.66. The Kier molecular flexibility index (Phi) is 7.31. The van der Waals surface area contributed by atoms with E-state index < -0.39 is 22.9 Å². The van der Waals surface area contributed by atoms with Crippen LogP contribution in [0.1, 0.15) is 37.9 Å². The summed E-state index contributed by atoms with van der Waals surface area (Å²) < 4.78 is 5.36. The molecule has 0 bridgehead atoms. The van der Waals surface area contributed by atoms with Crippen molar-refractivity contribution in [2.24, 2.45) is 0 Å². The molecular weight excluding hydrogens is 372 g/mol. The van der Waals surface area contributed by atoms with Crippen molar-refractivity contribution < 1.29 is 19.2 Å². The highest BCUT2D eigenvalue weighted by molar-refractivity contribution is 6.32. The first-order valence-electron chi connectivity index (χ1n) is 8.41. The van der Waals surface area contributed by atoms with Crippen molar-refractivity contribution in [1.82, 2.24) is 0 Å². The molecule has 0 fully saturated rings. The molecule has 7 nitrogen and oxygen atoms in total. The van der Waals surface area contributed by atoms with E-state index in [2.05, 4.69) is 5.32 Å². The largest absolute Gasteiger partial charge is 0.447 e. The van der Waals surface area contributed by atoms with Gasteiger partial charge in [0, 0.05) is 23.7 Å². The second-order valence-electron chi connectivity index (χ2n) is 5.80. The summed E-state index contributed by atoms with van der Waals surface area (Å²) in [5.41, 5.74) is 0.357. The van der Waals surface area contributed by atoms with E-state index in [1.54, 1.807) is 30.3 Å². The number of hydrogen-bond acceptors (Lipinski definition) is 5. The molecule has 142 valence electrons. The number of nitrogens with one attached hydrogen (secondary N) is 1. The molecule has 0 aliphatic heterocycles. The fraction of sp³-hybridized carbons (Fsp3) is 0.263. The monoisotopic (exact) mass is 390 g/mol. The maximum atomic E-state index is 12.7. The number of nitro benzene ring substituents is 1. The first-order valence-corrected chi connectivity index (χ1v) is 8.79. The smallest absolute Gasteiger partial charge is 0.306 e. The molecule has 1 atom stereocenters. The molecule has 0 saturated heterocycles. The number of halogens is 1. The summed E-state index contributed by atoms with van der Waals surface area (Å²) in [6, 6.07) is 12.5. The van der Waals surface area contributed by atoms with Gasteiger partial charge in [-0.25, -0.2) is 0 Å². The molecule has 27 heavy (non-hydrogen) atoms. The number of carbonyl (C=O) groups is 2. The van der Waals surface area contributed by atoms with Crippen LogP contribution in [0.3, 0.4) is 0 Å². The van der Waals surface area contributed by atoms with Gasteiger partial charge in [-0.2, -0.15) is 0 Å². The lowest BCUT2D eigenvalue weighted by Crippen LogP contribution is -2.25. The third kappa shape index (κ3) is 5.79. The molecule has 2 aromatic carbocycles. The number of benzene rings is 2. The molecule has 8 heteroatoms. The van der Waals surface area contributed by atoms with Crippen molar-refractivity contribution in [3.05, 3.63) is 69.2 Å². The zero-order valence-electron chi connectivity index (χ0n) is 14.7. The topological polar surface area (TPSA) is 98.5 Å². The molecule has 0 aliphatic rings. The fourth-order valence-electron chi connectivity index (χ4n) is 2.35. The van der Waals surface area contributed by atoms with E-state index in [1.165, 1.54) is 12.1 Å². The van der Waals surface area contributed by atoms with Crippen LogP contribution in [-0.4, -0.2) is 16.8 Å². The van der Waals surface area contributed by atoms with Gasteiger partial charge < -0.3 is 10.1 Å². The van der Waals surface area contributed by atoms with Gasteiger partial charge in [0.15, 0.2) is 0 Å². The van der Waals surface area contributed by atoms with Crippen molar-refractivity contribution >= 4 is 34.9 Å². The first kappa shape index (κ1) is 20.4. The van der Waals surface area contributed by atoms with Crippen molar-refractivity contribution in [2.75, 3.05) is 5.32 Å². The van der Waals surface area contributed by atoms with Gasteiger partial charge >= 0.3 is 5.97 Å².